The van der Waals surface area contributed by atoms with E-state index in [4.69, 9.17) is 4.74 Å². The largest absolute Gasteiger partial charge is 0.444 e. The fourth-order valence-corrected chi connectivity index (χ4v) is 1.92. The molecule has 0 radical (unpaired) electrons. The minimum Gasteiger partial charge on any atom is -0.444 e. The molecule has 0 aromatic heterocycles. The molecule has 120 valence electrons. The van der Waals surface area contributed by atoms with Crippen molar-refractivity contribution in [3.05, 3.63) is 0 Å². The number of nitrogens with one attached hydrogen (secondary N) is 1. The van der Waals surface area contributed by atoms with Crippen molar-refractivity contribution in [2.24, 2.45) is 0 Å². The summed E-state index contributed by atoms with van der Waals surface area (Å²) >= 11 is 0. The van der Waals surface area contributed by atoms with Crippen molar-refractivity contribution in [1.29, 1.82) is 0 Å². The molecule has 4 nitrogen and oxygen atoms in total. The molecule has 1 atom stereocenters. The van der Waals surface area contributed by atoms with E-state index < -0.39 is 5.60 Å². The number of carbonyl (C=O) groups excluding carboxylic acids is 1. The summed E-state index contributed by atoms with van der Waals surface area (Å²) in [5.41, 5.74) is -0.438. The Balaban J connectivity index is 4.19. The van der Waals surface area contributed by atoms with Gasteiger partial charge in [0.2, 0.25) is 0 Å². The van der Waals surface area contributed by atoms with Gasteiger partial charge in [-0.3, -0.25) is 0 Å². The molecule has 1 amide bonds. The van der Waals surface area contributed by atoms with Crippen LogP contribution in [0.4, 0.5) is 4.79 Å². The van der Waals surface area contributed by atoms with Crippen LogP contribution in [0, 0.1) is 0 Å². The first kappa shape index (κ1) is 19.2. The van der Waals surface area contributed by atoms with Crippen LogP contribution in [0.25, 0.3) is 0 Å². The van der Waals surface area contributed by atoms with Gasteiger partial charge in [-0.15, -0.1) is 0 Å². The number of hydrogen-bond acceptors (Lipinski definition) is 3. The number of rotatable bonds is 8. The Kier molecular flexibility index (Phi) is 8.86. The highest BCUT2D eigenvalue weighted by atomic mass is 16.6. The third kappa shape index (κ3) is 9.18. The predicted molar refractivity (Wildman–Crippen MR) is 85.1 cm³/mol. The van der Waals surface area contributed by atoms with Crippen molar-refractivity contribution in [3.63, 3.8) is 0 Å². The molecule has 0 fully saturated rings. The summed E-state index contributed by atoms with van der Waals surface area (Å²) in [5, 5.41) is 3.47. The van der Waals surface area contributed by atoms with Gasteiger partial charge >= 0.3 is 6.09 Å². The molecule has 0 aliphatic heterocycles. The number of unbranched alkanes of at least 4 members (excludes halogenated alkanes) is 1. The zero-order valence-electron chi connectivity index (χ0n) is 14.5. The van der Waals surface area contributed by atoms with Crippen molar-refractivity contribution in [3.8, 4) is 0 Å². The average Bonchev–Trinajstić information content (AvgIpc) is 2.29. The molecular weight excluding hydrogens is 252 g/mol. The fourth-order valence-electron chi connectivity index (χ4n) is 1.92. The lowest BCUT2D eigenvalue weighted by atomic mass is 10.1. The fraction of sp³-hybridized carbons (Fsp3) is 0.938. The SMILES string of the molecule is CCCCC(C)NCCN(C(=O)OC(C)(C)C)C(C)C. The number of nitrogens with zero attached hydrogens (tertiary/aromatic N) is 1. The first-order valence-corrected chi connectivity index (χ1v) is 7.90. The van der Waals surface area contributed by atoms with Crippen molar-refractivity contribution >= 4 is 6.09 Å². The van der Waals surface area contributed by atoms with Gasteiger partial charge in [-0.25, -0.2) is 4.79 Å². The lowest BCUT2D eigenvalue weighted by molar-refractivity contribution is 0.0192. The maximum atomic E-state index is 12.1. The van der Waals surface area contributed by atoms with Gasteiger partial charge in [-0.05, 0) is 48.0 Å². The minimum atomic E-state index is -0.438. The van der Waals surface area contributed by atoms with Crippen molar-refractivity contribution in [1.82, 2.24) is 10.2 Å². The van der Waals surface area contributed by atoms with E-state index in [2.05, 4.69) is 19.2 Å². The van der Waals surface area contributed by atoms with Gasteiger partial charge < -0.3 is 15.0 Å². The monoisotopic (exact) mass is 286 g/mol. The quantitative estimate of drug-likeness (QED) is 0.738. The highest BCUT2D eigenvalue weighted by Crippen LogP contribution is 2.11. The molecule has 1 N–H and O–H groups in total. The molecular formula is C16H34N2O2. The van der Waals surface area contributed by atoms with Crippen LogP contribution in [0.2, 0.25) is 0 Å². The summed E-state index contributed by atoms with van der Waals surface area (Å²) in [6.45, 7) is 15.6. The van der Waals surface area contributed by atoms with Crippen LogP contribution in [-0.2, 0) is 4.74 Å². The van der Waals surface area contributed by atoms with Crippen LogP contribution in [0.1, 0.15) is 67.7 Å². The van der Waals surface area contributed by atoms with Gasteiger partial charge in [0.25, 0.3) is 0 Å². The van der Waals surface area contributed by atoms with E-state index in [-0.39, 0.29) is 12.1 Å². The molecule has 0 aromatic rings. The Morgan fingerprint density at radius 2 is 1.85 bits per heavy atom. The number of ether oxygens (including phenoxy) is 1. The lowest BCUT2D eigenvalue weighted by Crippen LogP contribution is -2.45. The van der Waals surface area contributed by atoms with Crippen LogP contribution in [0.3, 0.4) is 0 Å². The van der Waals surface area contributed by atoms with E-state index in [0.29, 0.717) is 12.6 Å². The summed E-state index contributed by atoms with van der Waals surface area (Å²) in [4.78, 5) is 13.9. The van der Waals surface area contributed by atoms with Crippen LogP contribution >= 0.6 is 0 Å². The molecule has 0 aliphatic rings. The summed E-state index contributed by atoms with van der Waals surface area (Å²) < 4.78 is 5.44. The van der Waals surface area contributed by atoms with Gasteiger partial charge in [0.1, 0.15) is 5.60 Å². The molecule has 0 aliphatic carbocycles. The van der Waals surface area contributed by atoms with Gasteiger partial charge in [0.05, 0.1) is 0 Å². The molecule has 0 rings (SSSR count). The van der Waals surface area contributed by atoms with E-state index >= 15 is 0 Å². The van der Waals surface area contributed by atoms with Gasteiger partial charge in [-0.2, -0.15) is 0 Å². The topological polar surface area (TPSA) is 41.6 Å². The Morgan fingerprint density at radius 1 is 1.25 bits per heavy atom. The smallest absolute Gasteiger partial charge is 0.410 e. The van der Waals surface area contributed by atoms with Crippen LogP contribution in [0.15, 0.2) is 0 Å². The van der Waals surface area contributed by atoms with Crippen molar-refractivity contribution < 1.29 is 9.53 Å². The molecule has 20 heavy (non-hydrogen) atoms. The number of hydrogen-bond donors (Lipinski definition) is 1. The Morgan fingerprint density at radius 3 is 2.30 bits per heavy atom. The van der Waals surface area contributed by atoms with Gasteiger partial charge in [0, 0.05) is 25.2 Å². The lowest BCUT2D eigenvalue weighted by Gasteiger charge is -2.30. The van der Waals surface area contributed by atoms with E-state index in [1.54, 1.807) is 4.90 Å². The Hall–Kier alpha value is -0.770. The van der Waals surface area contributed by atoms with E-state index in [1.807, 2.05) is 34.6 Å². The number of carbonyl (C=O) groups is 1. The third-order valence-electron chi connectivity index (χ3n) is 3.09. The molecule has 0 saturated heterocycles. The van der Waals surface area contributed by atoms with Crippen molar-refractivity contribution in [2.75, 3.05) is 13.1 Å². The second kappa shape index (κ2) is 9.22. The molecule has 0 spiro atoms. The standard InChI is InChI=1S/C16H34N2O2/c1-8-9-10-14(4)17-11-12-18(13(2)3)15(19)20-16(5,6)7/h13-14,17H,8-12H2,1-7H3. The molecule has 1 unspecified atom stereocenters. The van der Waals surface area contributed by atoms with Gasteiger partial charge in [0.15, 0.2) is 0 Å². The molecule has 0 saturated carbocycles. The molecule has 0 heterocycles. The Bertz CT molecular complexity index is 272. The zero-order valence-corrected chi connectivity index (χ0v) is 14.5. The first-order valence-electron chi connectivity index (χ1n) is 7.90. The highest BCUT2D eigenvalue weighted by Gasteiger charge is 2.23. The van der Waals surface area contributed by atoms with E-state index in [9.17, 15) is 4.79 Å². The highest BCUT2D eigenvalue weighted by molar-refractivity contribution is 5.68. The normalized spacial score (nSPS) is 13.4. The average molecular weight is 286 g/mol. The van der Waals surface area contributed by atoms with Crippen LogP contribution in [0.5, 0.6) is 0 Å². The minimum absolute atomic E-state index is 0.151. The molecule has 0 aromatic carbocycles. The second-order valence-electron chi connectivity index (χ2n) is 6.76. The summed E-state index contributed by atoms with van der Waals surface area (Å²) in [7, 11) is 0. The zero-order chi connectivity index (χ0) is 15.8. The van der Waals surface area contributed by atoms with Crippen LogP contribution < -0.4 is 5.32 Å². The van der Waals surface area contributed by atoms with E-state index in [1.165, 1.54) is 19.3 Å². The summed E-state index contributed by atoms with van der Waals surface area (Å²) in [5.74, 6) is 0. The van der Waals surface area contributed by atoms with Crippen molar-refractivity contribution in [2.45, 2.75) is 85.4 Å². The molecule has 0 bridgehead atoms. The van der Waals surface area contributed by atoms with Gasteiger partial charge in [-0.1, -0.05) is 19.8 Å². The second-order valence-corrected chi connectivity index (χ2v) is 6.76. The van der Waals surface area contributed by atoms with Crippen LogP contribution in [-0.4, -0.2) is 41.8 Å². The first-order chi connectivity index (χ1) is 9.17. The predicted octanol–water partition coefficient (Wildman–Crippen LogP) is 3.80. The third-order valence-corrected chi connectivity index (χ3v) is 3.09. The molecule has 4 heteroatoms. The Labute approximate surface area is 125 Å². The summed E-state index contributed by atoms with van der Waals surface area (Å²) in [6.07, 6.45) is 3.43. The summed E-state index contributed by atoms with van der Waals surface area (Å²) in [6, 6.07) is 0.653. The maximum Gasteiger partial charge on any atom is 0.410 e. The maximum absolute atomic E-state index is 12.1. The van der Waals surface area contributed by atoms with E-state index in [0.717, 1.165) is 6.54 Å². The number of amides is 1.